The number of hydrogen-bond donors (Lipinski definition) is 3. The molecule has 0 aromatic heterocycles. The van der Waals surface area contributed by atoms with Gasteiger partial charge in [-0.05, 0) is 24.3 Å². The molecule has 0 fully saturated rings. The van der Waals surface area contributed by atoms with Crippen molar-refractivity contribution < 1.29 is 19.5 Å². The van der Waals surface area contributed by atoms with E-state index in [9.17, 15) is 0 Å². The Kier molecular flexibility index (Phi) is 3.57. The van der Waals surface area contributed by atoms with Crippen LogP contribution < -0.4 is 0 Å². The summed E-state index contributed by atoms with van der Waals surface area (Å²) < 4.78 is 4.05. The molecule has 0 saturated carbocycles. The summed E-state index contributed by atoms with van der Waals surface area (Å²) in [6.07, 6.45) is 0. The van der Waals surface area contributed by atoms with Crippen LogP contribution in [0.15, 0.2) is 34.7 Å². The van der Waals surface area contributed by atoms with Gasteiger partial charge in [-0.1, -0.05) is 0 Å². The monoisotopic (exact) mass is 202 g/mol. The molecule has 1 rings (SSSR count). The second kappa shape index (κ2) is 4.71. The highest BCUT2D eigenvalue weighted by Crippen LogP contribution is 2.26. The lowest BCUT2D eigenvalue weighted by Gasteiger charge is -1.94. The van der Waals surface area contributed by atoms with Crippen molar-refractivity contribution in [3.05, 3.63) is 24.3 Å². The number of rotatable bonds is 3. The molecule has 3 N–H and O–H groups in total. The van der Waals surface area contributed by atoms with Crippen LogP contribution in [0.2, 0.25) is 0 Å². The summed E-state index contributed by atoms with van der Waals surface area (Å²) in [6.45, 7) is 0. The Morgan fingerprint density at radius 3 is 2.31 bits per heavy atom. The zero-order valence-corrected chi connectivity index (χ0v) is 7.30. The number of phenols is 1. The summed E-state index contributed by atoms with van der Waals surface area (Å²) in [5.41, 5.74) is 0.439. The fourth-order valence-corrected chi connectivity index (χ4v) is 0.719. The maximum Gasteiger partial charge on any atom is 0.416 e. The van der Waals surface area contributed by atoms with Crippen LogP contribution in [0, 0.1) is 0 Å². The van der Waals surface area contributed by atoms with Crippen molar-refractivity contribution in [1.29, 1.82) is 0 Å². The Morgan fingerprint density at radius 1 is 1.15 bits per heavy atom. The molecular formula is C6H7N2O4P. The number of hydrogen-bond acceptors (Lipinski definition) is 6. The second-order valence-electron chi connectivity index (χ2n) is 2.03. The number of phenolic OH excluding ortho intramolecular Hbond substituents is 1. The molecule has 0 aliphatic rings. The average molecular weight is 202 g/mol. The predicted octanol–water partition coefficient (Wildman–Crippen LogP) is 1.62. The van der Waals surface area contributed by atoms with Crippen LogP contribution in [-0.2, 0) is 4.62 Å². The first-order chi connectivity index (χ1) is 6.18. The van der Waals surface area contributed by atoms with Crippen molar-refractivity contribution in [3.63, 3.8) is 0 Å². The summed E-state index contributed by atoms with van der Waals surface area (Å²) >= 11 is 0. The molecule has 0 amide bonds. The van der Waals surface area contributed by atoms with Gasteiger partial charge in [-0.2, -0.15) is 0 Å². The molecule has 1 aromatic rings. The van der Waals surface area contributed by atoms with Gasteiger partial charge in [0, 0.05) is 5.28 Å². The van der Waals surface area contributed by atoms with Crippen molar-refractivity contribution in [1.82, 2.24) is 0 Å². The van der Waals surface area contributed by atoms with Gasteiger partial charge < -0.3 is 14.9 Å². The first-order valence-corrected chi connectivity index (χ1v) is 4.40. The van der Waals surface area contributed by atoms with Gasteiger partial charge >= 0.3 is 8.60 Å². The van der Waals surface area contributed by atoms with Gasteiger partial charge in [0.05, 0.1) is 5.69 Å². The van der Waals surface area contributed by atoms with Gasteiger partial charge in [-0.25, -0.2) is 0 Å². The lowest BCUT2D eigenvalue weighted by atomic mass is 10.3. The van der Waals surface area contributed by atoms with Crippen molar-refractivity contribution in [2.45, 2.75) is 0 Å². The lowest BCUT2D eigenvalue weighted by molar-refractivity contribution is 0.250. The van der Waals surface area contributed by atoms with Crippen molar-refractivity contribution in [2.24, 2.45) is 10.4 Å². The summed E-state index contributed by atoms with van der Waals surface area (Å²) in [7, 11) is -2.51. The predicted molar refractivity (Wildman–Crippen MR) is 45.1 cm³/mol. The summed E-state index contributed by atoms with van der Waals surface area (Å²) in [6, 6.07) is 5.85. The molecule has 13 heavy (non-hydrogen) atoms. The van der Waals surface area contributed by atoms with E-state index in [1.807, 2.05) is 0 Å². The van der Waals surface area contributed by atoms with Gasteiger partial charge in [0.15, 0.2) is 0 Å². The average Bonchev–Trinajstić information content (AvgIpc) is 2.08. The maximum absolute atomic E-state index is 8.89. The van der Waals surface area contributed by atoms with E-state index < -0.39 is 8.60 Å². The third-order valence-corrected chi connectivity index (χ3v) is 1.33. The molecule has 6 nitrogen and oxygen atoms in total. The molecule has 0 atom stereocenters. The molecule has 0 aliphatic heterocycles. The number of benzene rings is 1. The lowest BCUT2D eigenvalue weighted by Crippen LogP contribution is -1.70. The van der Waals surface area contributed by atoms with Crippen LogP contribution in [-0.4, -0.2) is 14.9 Å². The second-order valence-corrected chi connectivity index (χ2v) is 2.70. The molecule has 0 saturated heterocycles. The van der Waals surface area contributed by atoms with Gasteiger partial charge in [-0.3, -0.25) is 4.62 Å². The van der Waals surface area contributed by atoms with Gasteiger partial charge in [0.25, 0.3) is 0 Å². The fraction of sp³-hybridized carbons (Fsp3) is 0. The van der Waals surface area contributed by atoms with Gasteiger partial charge in [-0.15, -0.1) is 5.11 Å². The minimum absolute atomic E-state index is 0.117. The van der Waals surface area contributed by atoms with Crippen LogP contribution in [0.25, 0.3) is 0 Å². The molecule has 0 unspecified atom stereocenters. The van der Waals surface area contributed by atoms with Crippen molar-refractivity contribution in [2.75, 3.05) is 0 Å². The topological polar surface area (TPSA) is 94.6 Å². The molecule has 70 valence electrons. The zero-order valence-electron chi connectivity index (χ0n) is 6.40. The van der Waals surface area contributed by atoms with Gasteiger partial charge in [0.1, 0.15) is 5.75 Å². The smallest absolute Gasteiger partial charge is 0.416 e. The van der Waals surface area contributed by atoms with Gasteiger partial charge in [0.2, 0.25) is 0 Å². The summed E-state index contributed by atoms with van der Waals surface area (Å²) in [5, 5.41) is 15.4. The highest BCUT2D eigenvalue weighted by molar-refractivity contribution is 7.39. The van der Waals surface area contributed by atoms with Crippen LogP contribution in [0.5, 0.6) is 5.75 Å². The Morgan fingerprint density at radius 2 is 1.77 bits per heavy atom. The first-order valence-electron chi connectivity index (χ1n) is 3.23. The maximum atomic E-state index is 8.89. The molecule has 0 spiro atoms. The molecule has 1 aromatic carbocycles. The van der Waals surface area contributed by atoms with Crippen LogP contribution in [0.4, 0.5) is 5.69 Å². The number of aromatic hydroxyl groups is 1. The van der Waals surface area contributed by atoms with E-state index in [1.54, 1.807) is 0 Å². The number of nitrogens with zero attached hydrogens (tertiary/aromatic N) is 2. The van der Waals surface area contributed by atoms with Crippen molar-refractivity contribution >= 4 is 14.3 Å². The quantitative estimate of drug-likeness (QED) is 0.394. The summed E-state index contributed by atoms with van der Waals surface area (Å²) in [4.78, 5) is 16.6. The Hall–Kier alpha value is -1.23. The highest BCUT2D eigenvalue weighted by atomic mass is 31.2. The largest absolute Gasteiger partial charge is 0.508 e. The van der Waals surface area contributed by atoms with E-state index in [1.165, 1.54) is 24.3 Å². The molecule has 0 radical (unpaired) electrons. The van der Waals surface area contributed by atoms with Crippen molar-refractivity contribution in [3.8, 4) is 5.75 Å². The van der Waals surface area contributed by atoms with Crippen LogP contribution in [0.3, 0.4) is 0 Å². The molecule has 0 bridgehead atoms. The molecule has 0 aliphatic carbocycles. The summed E-state index contributed by atoms with van der Waals surface area (Å²) in [5.74, 6) is 0.117. The van der Waals surface area contributed by atoms with E-state index >= 15 is 0 Å². The minimum Gasteiger partial charge on any atom is -0.508 e. The molecular weight excluding hydrogens is 195 g/mol. The normalized spacial score (nSPS) is 11.0. The minimum atomic E-state index is -2.51. The third kappa shape index (κ3) is 3.80. The Labute approximate surface area is 75.1 Å². The SMILES string of the molecule is Oc1ccc(N=NOP(O)O)cc1. The van der Waals surface area contributed by atoms with E-state index in [-0.39, 0.29) is 5.75 Å². The highest BCUT2D eigenvalue weighted by Gasteiger charge is 1.96. The van der Waals surface area contributed by atoms with E-state index in [0.717, 1.165) is 0 Å². The molecule has 0 heterocycles. The standard InChI is InChI=1S/C6H7N2O4P/c9-6-3-1-5(2-4-6)7-8-12-13(10)11/h1-4,9-11H. The van der Waals surface area contributed by atoms with E-state index in [4.69, 9.17) is 14.9 Å². The van der Waals surface area contributed by atoms with E-state index in [0.29, 0.717) is 5.69 Å². The van der Waals surface area contributed by atoms with Crippen LogP contribution >= 0.6 is 8.60 Å². The molecule has 7 heteroatoms. The Balaban J connectivity index is 2.54. The first kappa shape index (κ1) is 9.85. The zero-order chi connectivity index (χ0) is 9.68. The fourth-order valence-electron chi connectivity index (χ4n) is 0.617. The Bertz CT molecular complexity index is 287. The van der Waals surface area contributed by atoms with E-state index in [2.05, 4.69) is 15.0 Å². The van der Waals surface area contributed by atoms with Crippen LogP contribution in [0.1, 0.15) is 0 Å². The third-order valence-electron chi connectivity index (χ3n) is 1.12.